The number of rotatable bonds is 2. The zero-order valence-electron chi connectivity index (χ0n) is 10.4. The lowest BCUT2D eigenvalue weighted by Gasteiger charge is -2.21. The maximum absolute atomic E-state index is 10.0. The van der Waals surface area contributed by atoms with Crippen molar-refractivity contribution in [2.45, 2.75) is 37.4 Å². The summed E-state index contributed by atoms with van der Waals surface area (Å²) < 4.78 is 7.13. The van der Waals surface area contributed by atoms with E-state index in [0.29, 0.717) is 22.9 Å². The number of fused-ring (bicyclic) bond motifs is 1. The number of halogens is 2. The Bertz CT molecular complexity index is 560. The van der Waals surface area contributed by atoms with Crippen molar-refractivity contribution in [3.05, 3.63) is 27.8 Å². The predicted octanol–water partition coefficient (Wildman–Crippen LogP) is 0.282. The standard InChI is InChI=1S/C12H14Cl2N2O4/c13-5-1-7-8(2-6(5)14)16(4-15-7)12-11(19)10(18)9(3-17)20-12/h4,9-12,17-19H,1-3H2/t9-,10+,11?,12-/m1/s1. The number of hydrogen-bond donors (Lipinski definition) is 3. The summed E-state index contributed by atoms with van der Waals surface area (Å²) in [6.45, 7) is -0.363. The Labute approximate surface area is 125 Å². The fourth-order valence-corrected chi connectivity index (χ4v) is 2.97. The van der Waals surface area contributed by atoms with E-state index in [9.17, 15) is 10.2 Å². The van der Waals surface area contributed by atoms with E-state index in [0.717, 1.165) is 11.4 Å². The molecule has 0 radical (unpaired) electrons. The van der Waals surface area contributed by atoms with E-state index in [-0.39, 0.29) is 6.61 Å². The summed E-state index contributed by atoms with van der Waals surface area (Å²) in [7, 11) is 0. The Morgan fingerprint density at radius 3 is 2.60 bits per heavy atom. The molecule has 110 valence electrons. The first-order valence-electron chi connectivity index (χ1n) is 6.23. The molecule has 1 fully saturated rings. The molecule has 3 rings (SSSR count). The fourth-order valence-electron chi connectivity index (χ4n) is 2.58. The summed E-state index contributed by atoms with van der Waals surface area (Å²) in [5.41, 5.74) is 1.58. The third-order valence-electron chi connectivity index (χ3n) is 3.71. The van der Waals surface area contributed by atoms with Crippen LogP contribution in [-0.4, -0.2) is 49.8 Å². The SMILES string of the molecule is OC[C@H]1O[C@@H](n2cnc3c2CC(Cl)=C(Cl)C3)C(O)[C@H]1O. The van der Waals surface area contributed by atoms with E-state index >= 15 is 0 Å². The number of nitrogens with zero attached hydrogens (tertiary/aromatic N) is 2. The van der Waals surface area contributed by atoms with Crippen LogP contribution < -0.4 is 0 Å². The van der Waals surface area contributed by atoms with Gasteiger partial charge in [0.25, 0.3) is 0 Å². The molecule has 2 aliphatic rings. The molecule has 6 nitrogen and oxygen atoms in total. The summed E-state index contributed by atoms with van der Waals surface area (Å²) in [6.07, 6.45) is -1.50. The zero-order chi connectivity index (χ0) is 14.4. The third-order valence-corrected chi connectivity index (χ3v) is 4.53. The Kier molecular flexibility index (Phi) is 3.79. The van der Waals surface area contributed by atoms with Crippen LogP contribution in [-0.2, 0) is 17.6 Å². The lowest BCUT2D eigenvalue weighted by molar-refractivity contribution is -0.0538. The maximum atomic E-state index is 10.0. The van der Waals surface area contributed by atoms with Crippen molar-refractivity contribution in [1.29, 1.82) is 0 Å². The van der Waals surface area contributed by atoms with Gasteiger partial charge in [0.05, 0.1) is 18.6 Å². The van der Waals surface area contributed by atoms with Gasteiger partial charge in [-0.3, -0.25) is 0 Å². The van der Waals surface area contributed by atoms with Gasteiger partial charge in [0.1, 0.15) is 18.3 Å². The number of allylic oxidation sites excluding steroid dienone is 2. The minimum Gasteiger partial charge on any atom is -0.394 e. The first kappa shape index (κ1) is 14.3. The van der Waals surface area contributed by atoms with Crippen LogP contribution in [0.25, 0.3) is 0 Å². The van der Waals surface area contributed by atoms with Crippen LogP contribution in [0, 0.1) is 0 Å². The lowest BCUT2D eigenvalue weighted by atomic mass is 10.1. The van der Waals surface area contributed by atoms with Crippen LogP contribution in [0.4, 0.5) is 0 Å². The number of hydrogen-bond acceptors (Lipinski definition) is 5. The second kappa shape index (κ2) is 5.29. The molecular formula is C12H14Cl2N2O4. The Morgan fingerprint density at radius 2 is 1.95 bits per heavy atom. The monoisotopic (exact) mass is 320 g/mol. The predicted molar refractivity (Wildman–Crippen MR) is 71.4 cm³/mol. The molecule has 1 aromatic heterocycles. The van der Waals surface area contributed by atoms with Crippen LogP contribution in [0.3, 0.4) is 0 Å². The van der Waals surface area contributed by atoms with Gasteiger partial charge in [0.15, 0.2) is 6.23 Å². The van der Waals surface area contributed by atoms with Crippen molar-refractivity contribution in [1.82, 2.24) is 9.55 Å². The van der Waals surface area contributed by atoms with Crippen LogP contribution in [0.2, 0.25) is 0 Å². The average molecular weight is 321 g/mol. The maximum Gasteiger partial charge on any atom is 0.164 e. The minimum absolute atomic E-state index is 0.363. The highest BCUT2D eigenvalue weighted by Crippen LogP contribution is 2.35. The van der Waals surface area contributed by atoms with Gasteiger partial charge in [-0.2, -0.15) is 0 Å². The van der Waals surface area contributed by atoms with E-state index < -0.39 is 24.5 Å². The van der Waals surface area contributed by atoms with E-state index in [1.165, 1.54) is 6.33 Å². The molecule has 0 spiro atoms. The van der Waals surface area contributed by atoms with Crippen molar-refractivity contribution >= 4 is 23.2 Å². The van der Waals surface area contributed by atoms with Gasteiger partial charge in [-0.1, -0.05) is 23.2 Å². The third kappa shape index (κ3) is 2.16. The van der Waals surface area contributed by atoms with Crippen LogP contribution in [0.15, 0.2) is 16.4 Å². The van der Waals surface area contributed by atoms with E-state index in [1.807, 2.05) is 0 Å². The van der Waals surface area contributed by atoms with Gasteiger partial charge < -0.3 is 24.6 Å². The van der Waals surface area contributed by atoms with Crippen molar-refractivity contribution in [2.75, 3.05) is 6.61 Å². The molecule has 3 N–H and O–H groups in total. The van der Waals surface area contributed by atoms with Crippen LogP contribution >= 0.6 is 23.2 Å². The number of aliphatic hydroxyl groups excluding tert-OH is 3. The first-order chi connectivity index (χ1) is 9.52. The molecule has 20 heavy (non-hydrogen) atoms. The van der Waals surface area contributed by atoms with Crippen LogP contribution in [0.1, 0.15) is 17.6 Å². The summed E-state index contributed by atoms with van der Waals surface area (Å²) in [4.78, 5) is 4.25. The van der Waals surface area contributed by atoms with E-state index in [1.54, 1.807) is 4.57 Å². The molecule has 0 amide bonds. The molecule has 0 bridgehead atoms. The number of aliphatic hydroxyl groups is 3. The second-order valence-electron chi connectivity index (χ2n) is 4.94. The Morgan fingerprint density at radius 1 is 1.25 bits per heavy atom. The van der Waals surface area contributed by atoms with Crippen molar-refractivity contribution in [3.8, 4) is 0 Å². The van der Waals surface area contributed by atoms with Gasteiger partial charge in [0, 0.05) is 28.6 Å². The van der Waals surface area contributed by atoms with Crippen molar-refractivity contribution in [3.63, 3.8) is 0 Å². The zero-order valence-corrected chi connectivity index (χ0v) is 11.9. The molecule has 0 aromatic carbocycles. The fraction of sp³-hybridized carbons (Fsp3) is 0.583. The largest absolute Gasteiger partial charge is 0.394 e. The molecule has 1 aromatic rings. The normalized spacial score (nSPS) is 33.6. The molecule has 4 atom stereocenters. The van der Waals surface area contributed by atoms with Crippen LogP contribution in [0.5, 0.6) is 0 Å². The molecular weight excluding hydrogens is 307 g/mol. The van der Waals surface area contributed by atoms with E-state index in [2.05, 4.69) is 4.98 Å². The van der Waals surface area contributed by atoms with Gasteiger partial charge >= 0.3 is 0 Å². The molecule has 1 aliphatic heterocycles. The van der Waals surface area contributed by atoms with E-state index in [4.69, 9.17) is 33.0 Å². The highest BCUT2D eigenvalue weighted by molar-refractivity contribution is 6.39. The smallest absolute Gasteiger partial charge is 0.164 e. The summed E-state index contributed by atoms with van der Waals surface area (Å²) in [6, 6.07) is 0. The summed E-state index contributed by atoms with van der Waals surface area (Å²) in [5.74, 6) is 0. The molecule has 8 heteroatoms. The number of imidazole rings is 1. The number of aromatic nitrogens is 2. The first-order valence-corrected chi connectivity index (χ1v) is 6.98. The molecule has 2 heterocycles. The lowest BCUT2D eigenvalue weighted by Crippen LogP contribution is -2.33. The highest BCUT2D eigenvalue weighted by atomic mass is 35.5. The quantitative estimate of drug-likeness (QED) is 0.728. The Balaban J connectivity index is 1.91. The van der Waals surface area contributed by atoms with Gasteiger partial charge in [-0.05, 0) is 0 Å². The molecule has 1 aliphatic carbocycles. The van der Waals surface area contributed by atoms with Gasteiger partial charge in [0.2, 0.25) is 0 Å². The highest BCUT2D eigenvalue weighted by Gasteiger charge is 2.44. The van der Waals surface area contributed by atoms with Gasteiger partial charge in [-0.15, -0.1) is 0 Å². The van der Waals surface area contributed by atoms with Gasteiger partial charge in [-0.25, -0.2) is 4.98 Å². The minimum atomic E-state index is -1.14. The molecule has 1 unspecified atom stereocenters. The molecule has 0 saturated carbocycles. The topological polar surface area (TPSA) is 87.7 Å². The number of ether oxygens (including phenoxy) is 1. The summed E-state index contributed by atoms with van der Waals surface area (Å²) >= 11 is 12.1. The van der Waals surface area contributed by atoms with Crippen molar-refractivity contribution < 1.29 is 20.1 Å². The summed E-state index contributed by atoms with van der Waals surface area (Å²) in [5, 5.41) is 30.1. The molecule has 1 saturated heterocycles. The second-order valence-corrected chi connectivity index (χ2v) is 5.85. The Hall–Kier alpha value is -0.630. The average Bonchev–Trinajstić information content (AvgIpc) is 2.94. The van der Waals surface area contributed by atoms with Crippen molar-refractivity contribution in [2.24, 2.45) is 0 Å².